The van der Waals surface area contributed by atoms with Gasteiger partial charge in [-0.15, -0.1) is 0 Å². The molecule has 0 aliphatic heterocycles. The van der Waals surface area contributed by atoms with Crippen molar-refractivity contribution in [2.24, 2.45) is 0 Å². The lowest BCUT2D eigenvalue weighted by Crippen LogP contribution is -2.23. The average Bonchev–Trinajstić information content (AvgIpc) is 2.88. The van der Waals surface area contributed by atoms with Gasteiger partial charge in [-0.1, -0.05) is 30.7 Å². The van der Waals surface area contributed by atoms with Gasteiger partial charge >= 0.3 is 0 Å². The highest BCUT2D eigenvalue weighted by molar-refractivity contribution is 6.99. The van der Waals surface area contributed by atoms with Crippen LogP contribution in [0.1, 0.15) is 24.2 Å². The van der Waals surface area contributed by atoms with E-state index in [-0.39, 0.29) is 16.9 Å². The number of nitrogens with zero attached hydrogens (tertiary/aromatic N) is 2. The molecule has 6 heteroatoms. The first kappa shape index (κ1) is 13.4. The molecule has 1 aromatic heterocycles. The molecule has 1 unspecified atom stereocenters. The predicted octanol–water partition coefficient (Wildman–Crippen LogP) is 3.22. The van der Waals surface area contributed by atoms with Crippen molar-refractivity contribution in [3.63, 3.8) is 0 Å². The molecule has 1 heterocycles. The zero-order valence-electron chi connectivity index (χ0n) is 9.86. The normalized spacial score (nSPS) is 12.6. The van der Waals surface area contributed by atoms with Gasteiger partial charge in [-0.3, -0.25) is 0 Å². The van der Waals surface area contributed by atoms with Crippen LogP contribution in [0.25, 0.3) is 0 Å². The predicted molar refractivity (Wildman–Crippen MR) is 71.4 cm³/mol. The third-order valence-electron chi connectivity index (χ3n) is 2.64. The standard InChI is InChI=1S/C12H13ClFN3S/c1-2-15-10(11-7-16-18-17-11)6-8-4-3-5-9(14)12(8)13/h3-5,7,10,15H,2,6H2,1H3. The maximum Gasteiger partial charge on any atom is 0.142 e. The Morgan fingerprint density at radius 2 is 2.33 bits per heavy atom. The molecule has 0 spiro atoms. The van der Waals surface area contributed by atoms with Gasteiger partial charge in [0.25, 0.3) is 0 Å². The zero-order valence-corrected chi connectivity index (χ0v) is 11.4. The second-order valence-corrected chi connectivity index (χ2v) is 4.79. The molecular weight excluding hydrogens is 273 g/mol. The van der Waals surface area contributed by atoms with Gasteiger partial charge in [0, 0.05) is 0 Å². The van der Waals surface area contributed by atoms with Crippen molar-refractivity contribution in [1.29, 1.82) is 0 Å². The number of hydrogen-bond acceptors (Lipinski definition) is 4. The molecule has 3 nitrogen and oxygen atoms in total. The molecule has 1 atom stereocenters. The molecule has 0 bridgehead atoms. The van der Waals surface area contributed by atoms with Crippen molar-refractivity contribution in [2.45, 2.75) is 19.4 Å². The summed E-state index contributed by atoms with van der Waals surface area (Å²) < 4.78 is 21.6. The summed E-state index contributed by atoms with van der Waals surface area (Å²) in [4.78, 5) is 0. The Bertz CT molecular complexity index is 504. The van der Waals surface area contributed by atoms with E-state index in [1.165, 1.54) is 6.07 Å². The average molecular weight is 286 g/mol. The van der Waals surface area contributed by atoms with Crippen LogP contribution >= 0.6 is 23.3 Å². The highest BCUT2D eigenvalue weighted by atomic mass is 35.5. The number of hydrogen-bond donors (Lipinski definition) is 1. The Kier molecular flexibility index (Phi) is 4.63. The Morgan fingerprint density at radius 3 is 3.00 bits per heavy atom. The smallest absolute Gasteiger partial charge is 0.142 e. The largest absolute Gasteiger partial charge is 0.309 e. The number of rotatable bonds is 5. The first-order chi connectivity index (χ1) is 8.72. The van der Waals surface area contributed by atoms with Crippen LogP contribution in [-0.4, -0.2) is 15.3 Å². The quantitative estimate of drug-likeness (QED) is 0.916. The molecule has 0 radical (unpaired) electrons. The van der Waals surface area contributed by atoms with Gasteiger partial charge in [0.1, 0.15) is 5.82 Å². The zero-order chi connectivity index (χ0) is 13.0. The minimum Gasteiger partial charge on any atom is -0.309 e. The molecule has 1 N–H and O–H groups in total. The maximum atomic E-state index is 13.4. The van der Waals surface area contributed by atoms with Crippen LogP contribution < -0.4 is 5.32 Å². The fraction of sp³-hybridized carbons (Fsp3) is 0.333. The highest BCUT2D eigenvalue weighted by Crippen LogP contribution is 2.25. The summed E-state index contributed by atoms with van der Waals surface area (Å²) in [5.41, 5.74) is 1.64. The molecule has 2 aromatic rings. The van der Waals surface area contributed by atoms with Gasteiger partial charge in [0.15, 0.2) is 0 Å². The molecular formula is C12H13ClFN3S. The fourth-order valence-electron chi connectivity index (χ4n) is 1.78. The van der Waals surface area contributed by atoms with Crippen LogP contribution in [0.15, 0.2) is 24.4 Å². The number of aromatic nitrogens is 2. The SMILES string of the molecule is CCNC(Cc1cccc(F)c1Cl)c1cnsn1. The van der Waals surface area contributed by atoms with E-state index in [9.17, 15) is 4.39 Å². The van der Waals surface area contributed by atoms with Crippen molar-refractivity contribution in [3.05, 3.63) is 46.5 Å². The Hall–Kier alpha value is -1.04. The van der Waals surface area contributed by atoms with E-state index in [0.717, 1.165) is 29.5 Å². The van der Waals surface area contributed by atoms with Crippen molar-refractivity contribution < 1.29 is 4.39 Å². The van der Waals surface area contributed by atoms with Crippen LogP contribution in [0.5, 0.6) is 0 Å². The van der Waals surface area contributed by atoms with E-state index >= 15 is 0 Å². The second kappa shape index (κ2) is 6.22. The summed E-state index contributed by atoms with van der Waals surface area (Å²) in [7, 11) is 0. The number of halogens is 2. The first-order valence-electron chi connectivity index (χ1n) is 5.66. The molecule has 0 aliphatic carbocycles. The highest BCUT2D eigenvalue weighted by Gasteiger charge is 2.16. The van der Waals surface area contributed by atoms with E-state index in [2.05, 4.69) is 14.1 Å². The minimum absolute atomic E-state index is 0.00745. The van der Waals surface area contributed by atoms with Crippen LogP contribution in [-0.2, 0) is 6.42 Å². The summed E-state index contributed by atoms with van der Waals surface area (Å²) in [6, 6.07) is 4.86. The van der Waals surface area contributed by atoms with Crippen molar-refractivity contribution in [1.82, 2.24) is 14.1 Å². The molecule has 0 aliphatic rings. The summed E-state index contributed by atoms with van der Waals surface area (Å²) in [6.45, 7) is 2.81. The number of nitrogens with one attached hydrogen (secondary N) is 1. The van der Waals surface area contributed by atoms with Crippen LogP contribution in [0.4, 0.5) is 4.39 Å². The van der Waals surface area contributed by atoms with E-state index in [4.69, 9.17) is 11.6 Å². The summed E-state index contributed by atoms with van der Waals surface area (Å²) in [5.74, 6) is -0.388. The van der Waals surface area contributed by atoms with E-state index < -0.39 is 0 Å². The Labute approximate surface area is 114 Å². The number of benzene rings is 1. The van der Waals surface area contributed by atoms with Gasteiger partial charge in [-0.05, 0) is 24.6 Å². The van der Waals surface area contributed by atoms with Crippen molar-refractivity contribution in [2.75, 3.05) is 6.54 Å². The third-order valence-corrected chi connectivity index (χ3v) is 3.56. The van der Waals surface area contributed by atoms with Crippen LogP contribution in [0, 0.1) is 5.82 Å². The van der Waals surface area contributed by atoms with Crippen molar-refractivity contribution >= 4 is 23.3 Å². The minimum atomic E-state index is -0.388. The fourth-order valence-corrected chi connectivity index (χ4v) is 2.45. The summed E-state index contributed by atoms with van der Waals surface area (Å²) in [6.07, 6.45) is 2.32. The topological polar surface area (TPSA) is 37.8 Å². The van der Waals surface area contributed by atoms with Crippen molar-refractivity contribution in [3.8, 4) is 0 Å². The molecule has 0 saturated carbocycles. The number of likely N-dealkylation sites (N-methyl/N-ethyl adjacent to an activating group) is 1. The lowest BCUT2D eigenvalue weighted by molar-refractivity contribution is 0.537. The van der Waals surface area contributed by atoms with E-state index in [0.29, 0.717) is 6.42 Å². The van der Waals surface area contributed by atoms with Gasteiger partial charge < -0.3 is 5.32 Å². The molecule has 0 amide bonds. The first-order valence-corrected chi connectivity index (χ1v) is 6.77. The molecule has 0 saturated heterocycles. The Morgan fingerprint density at radius 1 is 1.50 bits per heavy atom. The second-order valence-electron chi connectivity index (χ2n) is 3.86. The van der Waals surface area contributed by atoms with Crippen LogP contribution in [0.2, 0.25) is 5.02 Å². The van der Waals surface area contributed by atoms with E-state index in [1.807, 2.05) is 13.0 Å². The molecule has 18 heavy (non-hydrogen) atoms. The van der Waals surface area contributed by atoms with Gasteiger partial charge in [-0.25, -0.2) is 4.39 Å². The molecule has 1 aromatic carbocycles. The Balaban J connectivity index is 2.21. The molecule has 0 fully saturated rings. The monoisotopic (exact) mass is 285 g/mol. The third kappa shape index (κ3) is 3.04. The molecule has 2 rings (SSSR count). The van der Waals surface area contributed by atoms with Crippen LogP contribution in [0.3, 0.4) is 0 Å². The van der Waals surface area contributed by atoms with Gasteiger partial charge in [0.2, 0.25) is 0 Å². The summed E-state index contributed by atoms with van der Waals surface area (Å²) in [5, 5.41) is 3.49. The summed E-state index contributed by atoms with van der Waals surface area (Å²) >= 11 is 7.13. The van der Waals surface area contributed by atoms with Gasteiger partial charge in [0.05, 0.1) is 34.7 Å². The van der Waals surface area contributed by atoms with Gasteiger partial charge in [-0.2, -0.15) is 8.75 Å². The molecule has 96 valence electrons. The lowest BCUT2D eigenvalue weighted by Gasteiger charge is -2.16. The van der Waals surface area contributed by atoms with E-state index in [1.54, 1.807) is 12.3 Å². The lowest BCUT2D eigenvalue weighted by atomic mass is 10.0. The maximum absolute atomic E-state index is 13.4.